The maximum atomic E-state index is 13.1. The second kappa shape index (κ2) is 6.12. The van der Waals surface area contributed by atoms with Gasteiger partial charge in [0, 0.05) is 30.0 Å². The number of aromatic nitrogens is 2. The second-order valence-electron chi connectivity index (χ2n) is 7.07. The summed E-state index contributed by atoms with van der Waals surface area (Å²) < 4.78 is 39.4. The molecule has 8 heteroatoms. The first-order valence-corrected chi connectivity index (χ1v) is 8.69. The summed E-state index contributed by atoms with van der Waals surface area (Å²) in [5.74, 6) is -0.0795. The summed E-state index contributed by atoms with van der Waals surface area (Å²) in [5.41, 5.74) is 2.46. The molecule has 2 bridgehead atoms. The maximum Gasteiger partial charge on any atom is 0.421 e. The summed E-state index contributed by atoms with van der Waals surface area (Å²) in [4.78, 5) is 7.90. The molecule has 2 aliphatic rings. The first-order chi connectivity index (χ1) is 12.3. The molecule has 26 heavy (non-hydrogen) atoms. The molecule has 138 valence electrons. The van der Waals surface area contributed by atoms with Crippen molar-refractivity contribution in [3.63, 3.8) is 0 Å². The van der Waals surface area contributed by atoms with Gasteiger partial charge in [-0.3, -0.25) is 0 Å². The molecule has 2 atom stereocenters. The smallest absolute Gasteiger partial charge is 0.367 e. The summed E-state index contributed by atoms with van der Waals surface area (Å²) in [6.07, 6.45) is -1.43. The van der Waals surface area contributed by atoms with E-state index >= 15 is 0 Å². The van der Waals surface area contributed by atoms with Gasteiger partial charge in [0.2, 0.25) is 5.95 Å². The standard InChI is InChI=1S/C18H20F3N5/c1-9(2)23-16-13(18(19,20)21)8-22-17(26-16)24-10-3-4-11-12(7-10)15-6-5-14(11)25-15/h3-4,7-9,14-15,25H,5-6H2,1-2H3,(H2,22,23,24,26). The van der Waals surface area contributed by atoms with Gasteiger partial charge in [-0.05, 0) is 49.9 Å². The molecule has 5 nitrogen and oxygen atoms in total. The maximum absolute atomic E-state index is 13.1. The minimum atomic E-state index is -4.51. The molecule has 0 saturated carbocycles. The minimum Gasteiger partial charge on any atom is -0.367 e. The van der Waals surface area contributed by atoms with Crippen LogP contribution in [0.5, 0.6) is 0 Å². The molecule has 3 N–H and O–H groups in total. The highest BCUT2D eigenvalue weighted by molar-refractivity contribution is 5.60. The van der Waals surface area contributed by atoms with Crippen LogP contribution in [-0.4, -0.2) is 16.0 Å². The summed E-state index contributed by atoms with van der Waals surface area (Å²) in [6.45, 7) is 3.52. The van der Waals surface area contributed by atoms with E-state index in [1.165, 1.54) is 11.1 Å². The predicted molar refractivity (Wildman–Crippen MR) is 93.4 cm³/mol. The van der Waals surface area contributed by atoms with E-state index in [1.54, 1.807) is 13.8 Å². The lowest BCUT2D eigenvalue weighted by Gasteiger charge is -2.17. The average molecular weight is 363 g/mol. The lowest BCUT2D eigenvalue weighted by Crippen LogP contribution is -2.18. The number of hydrogen-bond donors (Lipinski definition) is 3. The van der Waals surface area contributed by atoms with Gasteiger partial charge in [-0.1, -0.05) is 6.07 Å². The Morgan fingerprint density at radius 3 is 2.58 bits per heavy atom. The Hall–Kier alpha value is -2.35. The molecule has 4 rings (SSSR count). The Kier molecular flexibility index (Phi) is 4.02. The Balaban J connectivity index is 1.62. The van der Waals surface area contributed by atoms with Gasteiger partial charge in [-0.25, -0.2) is 4.98 Å². The third kappa shape index (κ3) is 3.09. The third-order valence-electron chi connectivity index (χ3n) is 4.76. The monoisotopic (exact) mass is 363 g/mol. The quantitative estimate of drug-likeness (QED) is 0.745. The Bertz CT molecular complexity index is 834. The summed E-state index contributed by atoms with van der Waals surface area (Å²) in [5, 5.41) is 9.32. The fraction of sp³-hybridized carbons (Fsp3) is 0.444. The molecule has 0 spiro atoms. The Labute approximate surface area is 149 Å². The van der Waals surface area contributed by atoms with E-state index in [0.29, 0.717) is 12.1 Å². The fourth-order valence-electron chi connectivity index (χ4n) is 3.67. The SMILES string of the molecule is CC(C)Nc1nc(Nc2ccc3c(c2)C2CCC3N2)ncc1C(F)(F)F. The van der Waals surface area contributed by atoms with Crippen LogP contribution >= 0.6 is 0 Å². The van der Waals surface area contributed by atoms with Gasteiger partial charge < -0.3 is 16.0 Å². The number of benzene rings is 1. The molecule has 1 saturated heterocycles. The Morgan fingerprint density at radius 2 is 1.88 bits per heavy atom. The topological polar surface area (TPSA) is 61.9 Å². The van der Waals surface area contributed by atoms with E-state index in [0.717, 1.165) is 24.7 Å². The molecular formula is C18H20F3N5. The van der Waals surface area contributed by atoms with Crippen molar-refractivity contribution in [2.24, 2.45) is 0 Å². The largest absolute Gasteiger partial charge is 0.421 e. The van der Waals surface area contributed by atoms with Gasteiger partial charge in [-0.2, -0.15) is 18.2 Å². The van der Waals surface area contributed by atoms with Crippen LogP contribution in [0.1, 0.15) is 55.5 Å². The van der Waals surface area contributed by atoms with Gasteiger partial charge in [0.1, 0.15) is 11.4 Å². The van der Waals surface area contributed by atoms with Crippen LogP contribution in [0.3, 0.4) is 0 Å². The first kappa shape index (κ1) is 17.1. The van der Waals surface area contributed by atoms with Gasteiger partial charge in [0.05, 0.1) is 0 Å². The van der Waals surface area contributed by atoms with Crippen LogP contribution in [-0.2, 0) is 6.18 Å². The van der Waals surface area contributed by atoms with E-state index in [-0.39, 0.29) is 17.8 Å². The molecule has 0 radical (unpaired) electrons. The molecule has 1 fully saturated rings. The minimum absolute atomic E-state index is 0.136. The molecule has 0 amide bonds. The van der Waals surface area contributed by atoms with Crippen LogP contribution in [0.4, 0.5) is 30.6 Å². The normalized spacial score (nSPS) is 21.2. The highest BCUT2D eigenvalue weighted by Crippen LogP contribution is 2.45. The van der Waals surface area contributed by atoms with E-state index < -0.39 is 11.7 Å². The summed E-state index contributed by atoms with van der Waals surface area (Å²) in [6, 6.07) is 6.61. The Morgan fingerprint density at radius 1 is 1.15 bits per heavy atom. The van der Waals surface area contributed by atoms with E-state index in [2.05, 4.69) is 32.0 Å². The number of alkyl halides is 3. The van der Waals surface area contributed by atoms with Crippen LogP contribution in [0.15, 0.2) is 24.4 Å². The average Bonchev–Trinajstić information content (AvgIpc) is 3.15. The number of rotatable bonds is 4. The molecule has 1 aromatic heterocycles. The van der Waals surface area contributed by atoms with Crippen molar-refractivity contribution in [2.45, 2.75) is 51.0 Å². The predicted octanol–water partition coefficient (Wildman–Crippen LogP) is 4.54. The number of fused-ring (bicyclic) bond motifs is 5. The zero-order valence-electron chi connectivity index (χ0n) is 14.5. The van der Waals surface area contributed by atoms with Crippen molar-refractivity contribution in [3.8, 4) is 0 Å². The molecular weight excluding hydrogens is 343 g/mol. The molecule has 2 unspecified atom stereocenters. The van der Waals surface area contributed by atoms with Crippen LogP contribution in [0, 0.1) is 0 Å². The van der Waals surface area contributed by atoms with Gasteiger partial charge in [-0.15, -0.1) is 0 Å². The lowest BCUT2D eigenvalue weighted by atomic mass is 9.91. The van der Waals surface area contributed by atoms with Crippen molar-refractivity contribution in [3.05, 3.63) is 41.1 Å². The van der Waals surface area contributed by atoms with E-state index in [1.807, 2.05) is 12.1 Å². The third-order valence-corrected chi connectivity index (χ3v) is 4.76. The van der Waals surface area contributed by atoms with Crippen molar-refractivity contribution >= 4 is 17.5 Å². The zero-order chi connectivity index (χ0) is 18.5. The van der Waals surface area contributed by atoms with Gasteiger partial charge in [0.15, 0.2) is 0 Å². The first-order valence-electron chi connectivity index (χ1n) is 8.69. The fourth-order valence-corrected chi connectivity index (χ4v) is 3.67. The van der Waals surface area contributed by atoms with Crippen molar-refractivity contribution in [2.75, 3.05) is 10.6 Å². The molecule has 2 aromatic rings. The molecule has 1 aromatic carbocycles. The van der Waals surface area contributed by atoms with E-state index in [9.17, 15) is 13.2 Å². The lowest BCUT2D eigenvalue weighted by molar-refractivity contribution is -0.137. The van der Waals surface area contributed by atoms with Crippen molar-refractivity contribution < 1.29 is 13.2 Å². The number of hydrogen-bond acceptors (Lipinski definition) is 5. The van der Waals surface area contributed by atoms with Crippen molar-refractivity contribution in [1.82, 2.24) is 15.3 Å². The number of anilines is 3. The summed E-state index contributed by atoms with van der Waals surface area (Å²) >= 11 is 0. The zero-order valence-corrected chi connectivity index (χ0v) is 14.5. The van der Waals surface area contributed by atoms with Crippen molar-refractivity contribution in [1.29, 1.82) is 0 Å². The van der Waals surface area contributed by atoms with Gasteiger partial charge in [0.25, 0.3) is 0 Å². The van der Waals surface area contributed by atoms with E-state index in [4.69, 9.17) is 0 Å². The molecule has 2 aliphatic heterocycles. The highest BCUT2D eigenvalue weighted by atomic mass is 19.4. The van der Waals surface area contributed by atoms with Crippen LogP contribution in [0.25, 0.3) is 0 Å². The van der Waals surface area contributed by atoms with Gasteiger partial charge >= 0.3 is 6.18 Å². The highest BCUT2D eigenvalue weighted by Gasteiger charge is 2.37. The second-order valence-corrected chi connectivity index (χ2v) is 7.07. The molecule has 3 heterocycles. The number of halogens is 3. The number of nitrogens with zero attached hydrogens (tertiary/aromatic N) is 2. The number of nitrogens with one attached hydrogen (secondary N) is 3. The summed E-state index contributed by atoms with van der Waals surface area (Å²) in [7, 11) is 0. The van der Waals surface area contributed by atoms with Crippen LogP contribution < -0.4 is 16.0 Å². The molecule has 0 aliphatic carbocycles. The van der Waals surface area contributed by atoms with Crippen LogP contribution in [0.2, 0.25) is 0 Å².